The molecule has 0 radical (unpaired) electrons. The molecular formula is C15H13NO4S3. The number of carbonyl (C=O) groups is 1. The number of nitrogens with one attached hydrogen (secondary N) is 1. The predicted molar refractivity (Wildman–Crippen MR) is 89.6 cm³/mol. The summed E-state index contributed by atoms with van der Waals surface area (Å²) in [5, 5.41) is 5.22. The van der Waals surface area contributed by atoms with Crippen molar-refractivity contribution in [3.63, 3.8) is 0 Å². The second-order valence-electron chi connectivity index (χ2n) is 4.67. The van der Waals surface area contributed by atoms with Crippen LogP contribution in [-0.4, -0.2) is 20.9 Å². The van der Waals surface area contributed by atoms with Crippen molar-refractivity contribution in [1.29, 1.82) is 0 Å². The van der Waals surface area contributed by atoms with Gasteiger partial charge in [0.2, 0.25) is 0 Å². The maximum atomic E-state index is 12.8. The smallest absolute Gasteiger partial charge is 0.261 e. The van der Waals surface area contributed by atoms with E-state index in [0.717, 1.165) is 11.3 Å². The molecule has 5 nitrogen and oxygen atoms in total. The first-order valence-corrected chi connectivity index (χ1v) is 10.0. The summed E-state index contributed by atoms with van der Waals surface area (Å²) in [5.41, 5.74) is 0. The Morgan fingerprint density at radius 2 is 1.91 bits per heavy atom. The minimum absolute atomic E-state index is 0.0511. The molecule has 0 aliphatic heterocycles. The summed E-state index contributed by atoms with van der Waals surface area (Å²) in [6, 6.07) is 9.93. The van der Waals surface area contributed by atoms with E-state index in [2.05, 4.69) is 5.32 Å². The number of hydrogen-bond acceptors (Lipinski definition) is 6. The van der Waals surface area contributed by atoms with Gasteiger partial charge in [-0.1, -0.05) is 12.1 Å². The van der Waals surface area contributed by atoms with Crippen LogP contribution >= 0.6 is 22.7 Å². The van der Waals surface area contributed by atoms with Gasteiger partial charge in [0.15, 0.2) is 9.84 Å². The van der Waals surface area contributed by atoms with E-state index >= 15 is 0 Å². The van der Waals surface area contributed by atoms with Crippen LogP contribution in [0.2, 0.25) is 0 Å². The van der Waals surface area contributed by atoms with Crippen LogP contribution in [0.4, 0.5) is 0 Å². The SMILES string of the molecule is O=C(NC[C@H](c1ccco1)S(=O)(=O)c1cccs1)c1cccs1. The van der Waals surface area contributed by atoms with E-state index in [1.165, 1.54) is 17.6 Å². The van der Waals surface area contributed by atoms with Crippen molar-refractivity contribution in [3.8, 4) is 0 Å². The lowest BCUT2D eigenvalue weighted by molar-refractivity contribution is 0.0957. The van der Waals surface area contributed by atoms with Crippen molar-refractivity contribution in [2.45, 2.75) is 9.46 Å². The minimum Gasteiger partial charge on any atom is -0.468 e. The largest absolute Gasteiger partial charge is 0.468 e. The third-order valence-corrected chi connectivity index (χ3v) is 7.56. The van der Waals surface area contributed by atoms with Crippen molar-refractivity contribution in [2.24, 2.45) is 0 Å². The molecular weight excluding hydrogens is 354 g/mol. The zero-order valence-corrected chi connectivity index (χ0v) is 14.3. The van der Waals surface area contributed by atoms with Gasteiger partial charge >= 0.3 is 0 Å². The Balaban J connectivity index is 1.84. The summed E-state index contributed by atoms with van der Waals surface area (Å²) in [5.74, 6) is 0.0165. The van der Waals surface area contributed by atoms with Gasteiger partial charge in [0, 0.05) is 6.54 Å². The molecule has 0 bridgehead atoms. The fraction of sp³-hybridized carbons (Fsp3) is 0.133. The summed E-state index contributed by atoms with van der Waals surface area (Å²) in [7, 11) is -3.63. The van der Waals surface area contributed by atoms with E-state index < -0.39 is 15.1 Å². The fourth-order valence-corrected chi connectivity index (χ4v) is 5.52. The van der Waals surface area contributed by atoms with Crippen LogP contribution in [0, 0.1) is 0 Å². The van der Waals surface area contributed by atoms with Gasteiger partial charge in [0.05, 0.1) is 11.1 Å². The van der Waals surface area contributed by atoms with Gasteiger partial charge in [0.25, 0.3) is 5.91 Å². The van der Waals surface area contributed by atoms with Crippen LogP contribution in [0.3, 0.4) is 0 Å². The molecule has 0 spiro atoms. The summed E-state index contributed by atoms with van der Waals surface area (Å²) in [4.78, 5) is 12.6. The Morgan fingerprint density at radius 3 is 2.52 bits per heavy atom. The summed E-state index contributed by atoms with van der Waals surface area (Å²) in [6.45, 7) is -0.0511. The first-order valence-electron chi connectivity index (χ1n) is 6.71. The first-order chi connectivity index (χ1) is 11.1. The number of amides is 1. The standard InChI is InChI=1S/C15H13NO4S3/c17-15(12-5-2-8-21-12)16-10-13(11-4-1-7-20-11)23(18,19)14-6-3-9-22-14/h1-9,13H,10H2,(H,16,17)/t13-/m1/s1. The maximum Gasteiger partial charge on any atom is 0.261 e. The molecule has 1 N–H and O–H groups in total. The first kappa shape index (κ1) is 16.0. The minimum atomic E-state index is -3.63. The Hall–Kier alpha value is -1.90. The highest BCUT2D eigenvalue weighted by Gasteiger charge is 2.32. The van der Waals surface area contributed by atoms with Crippen LogP contribution in [0.5, 0.6) is 0 Å². The number of furan rings is 1. The van der Waals surface area contributed by atoms with Crippen molar-refractivity contribution < 1.29 is 17.6 Å². The number of thiophene rings is 2. The maximum absolute atomic E-state index is 12.8. The lowest BCUT2D eigenvalue weighted by atomic mass is 10.3. The molecule has 3 rings (SSSR count). The molecule has 0 aromatic carbocycles. The molecule has 8 heteroatoms. The lowest BCUT2D eigenvalue weighted by Gasteiger charge is -2.15. The summed E-state index contributed by atoms with van der Waals surface area (Å²) in [6.07, 6.45) is 1.42. The predicted octanol–water partition coefficient (Wildman–Crippen LogP) is 3.35. The van der Waals surface area contributed by atoms with Crippen LogP contribution < -0.4 is 5.32 Å². The molecule has 3 aromatic rings. The Kier molecular flexibility index (Phi) is 4.65. The quantitative estimate of drug-likeness (QED) is 0.725. The summed E-state index contributed by atoms with van der Waals surface area (Å²) >= 11 is 2.45. The highest BCUT2D eigenvalue weighted by molar-refractivity contribution is 7.93. The Bertz CT molecular complexity index is 850. The normalized spacial score (nSPS) is 12.9. The van der Waals surface area contributed by atoms with Crippen LogP contribution in [0.1, 0.15) is 20.7 Å². The molecule has 23 heavy (non-hydrogen) atoms. The topological polar surface area (TPSA) is 76.4 Å². The number of carbonyl (C=O) groups excluding carboxylic acids is 1. The van der Waals surface area contributed by atoms with E-state index in [4.69, 9.17) is 4.42 Å². The van der Waals surface area contributed by atoms with Crippen molar-refractivity contribution in [2.75, 3.05) is 6.54 Å². The number of hydrogen-bond donors (Lipinski definition) is 1. The molecule has 1 atom stereocenters. The number of rotatable bonds is 6. The van der Waals surface area contributed by atoms with Gasteiger partial charge in [-0.15, -0.1) is 22.7 Å². The van der Waals surface area contributed by atoms with E-state index in [0.29, 0.717) is 10.6 Å². The van der Waals surface area contributed by atoms with Gasteiger partial charge in [-0.3, -0.25) is 4.79 Å². The summed E-state index contributed by atoms with van der Waals surface area (Å²) < 4.78 is 31.1. The van der Waals surface area contributed by atoms with Crippen LogP contribution in [0.15, 0.2) is 62.0 Å². The fourth-order valence-electron chi connectivity index (χ4n) is 2.08. The van der Waals surface area contributed by atoms with E-state index in [9.17, 15) is 13.2 Å². The second-order valence-corrected chi connectivity index (χ2v) is 8.92. The lowest BCUT2D eigenvalue weighted by Crippen LogP contribution is -2.31. The van der Waals surface area contributed by atoms with Gasteiger partial charge < -0.3 is 9.73 Å². The molecule has 0 unspecified atom stereocenters. The second kappa shape index (κ2) is 6.69. The molecule has 0 saturated heterocycles. The molecule has 0 aliphatic carbocycles. The van der Waals surface area contributed by atoms with Gasteiger partial charge in [0.1, 0.15) is 15.2 Å². The van der Waals surface area contributed by atoms with Crippen molar-refractivity contribution >= 4 is 38.4 Å². The zero-order valence-electron chi connectivity index (χ0n) is 11.8. The Morgan fingerprint density at radius 1 is 1.13 bits per heavy atom. The molecule has 0 fully saturated rings. The molecule has 1 amide bonds. The molecule has 0 saturated carbocycles. The number of sulfone groups is 1. The van der Waals surface area contributed by atoms with Gasteiger partial charge in [-0.05, 0) is 35.0 Å². The monoisotopic (exact) mass is 367 g/mol. The van der Waals surface area contributed by atoms with Crippen LogP contribution in [0.25, 0.3) is 0 Å². The van der Waals surface area contributed by atoms with Gasteiger partial charge in [-0.25, -0.2) is 8.42 Å². The van der Waals surface area contributed by atoms with Crippen LogP contribution in [-0.2, 0) is 9.84 Å². The van der Waals surface area contributed by atoms with E-state index in [1.807, 2.05) is 0 Å². The average Bonchev–Trinajstić information content (AvgIpc) is 3.27. The van der Waals surface area contributed by atoms with E-state index in [-0.39, 0.29) is 16.7 Å². The zero-order chi connectivity index (χ0) is 16.3. The molecule has 0 aliphatic rings. The molecule has 120 valence electrons. The van der Waals surface area contributed by atoms with Gasteiger partial charge in [-0.2, -0.15) is 0 Å². The van der Waals surface area contributed by atoms with Crippen molar-refractivity contribution in [3.05, 3.63) is 64.1 Å². The van der Waals surface area contributed by atoms with Crippen molar-refractivity contribution in [1.82, 2.24) is 5.32 Å². The highest BCUT2D eigenvalue weighted by Crippen LogP contribution is 2.31. The third kappa shape index (κ3) is 3.39. The molecule has 3 heterocycles. The third-order valence-electron chi connectivity index (χ3n) is 3.20. The molecule has 3 aromatic heterocycles. The average molecular weight is 367 g/mol. The van der Waals surface area contributed by atoms with E-state index in [1.54, 1.807) is 47.2 Å². The Labute approximate surface area is 141 Å². The highest BCUT2D eigenvalue weighted by atomic mass is 32.2.